The summed E-state index contributed by atoms with van der Waals surface area (Å²) in [6.45, 7) is 7.75. The second-order valence-electron chi connectivity index (χ2n) is 5.39. The van der Waals surface area contributed by atoms with Gasteiger partial charge in [0, 0.05) is 0 Å². The molecule has 1 aromatic rings. The predicted octanol–water partition coefficient (Wildman–Crippen LogP) is 2.04. The largest absolute Gasteiger partial charge is 0.494 e. The van der Waals surface area contributed by atoms with Crippen molar-refractivity contribution >= 4 is 26.3 Å². The van der Waals surface area contributed by atoms with Crippen LogP contribution in [0.3, 0.4) is 0 Å². The van der Waals surface area contributed by atoms with Crippen molar-refractivity contribution in [3.05, 3.63) is 24.0 Å². The molecule has 0 aliphatic carbocycles. The zero-order valence-electron chi connectivity index (χ0n) is 10.9. The monoisotopic (exact) mass is 268 g/mol. The Hall–Kier alpha value is -0.765. The van der Waals surface area contributed by atoms with Gasteiger partial charge in [-0.15, -0.1) is 0 Å². The molecule has 0 aromatic heterocycles. The summed E-state index contributed by atoms with van der Waals surface area (Å²) >= 11 is 0. The Balaban J connectivity index is 2.30. The van der Waals surface area contributed by atoms with Crippen LogP contribution in [0.15, 0.2) is 18.2 Å². The van der Waals surface area contributed by atoms with E-state index in [0.29, 0.717) is 5.46 Å². The second kappa shape index (κ2) is 4.41. The zero-order valence-corrected chi connectivity index (χ0v) is 11.8. The molecule has 2 rings (SSSR count). The molecule has 96 valence electrons. The van der Waals surface area contributed by atoms with Gasteiger partial charge >= 0.3 is 7.12 Å². The summed E-state index contributed by atoms with van der Waals surface area (Å²) in [4.78, 5) is 0. The Kier molecular flexibility index (Phi) is 3.35. The minimum atomic E-state index is -0.595. The van der Waals surface area contributed by atoms with Crippen LogP contribution in [0.2, 0.25) is 0 Å². The molecule has 6 heteroatoms. The molecular weight excluding hydrogens is 253 g/mol. The summed E-state index contributed by atoms with van der Waals surface area (Å²) in [7, 11) is -0.922. The fourth-order valence-electron chi connectivity index (χ4n) is 1.72. The van der Waals surface area contributed by atoms with Crippen LogP contribution in [0.25, 0.3) is 0 Å². The highest BCUT2D eigenvalue weighted by Gasteiger charge is 2.51. The molecule has 1 fully saturated rings. The van der Waals surface area contributed by atoms with Gasteiger partial charge in [0.2, 0.25) is 0 Å². The van der Waals surface area contributed by atoms with E-state index < -0.39 is 24.1 Å². The quantitative estimate of drug-likeness (QED) is 0.608. The van der Waals surface area contributed by atoms with E-state index in [1.807, 2.05) is 27.7 Å². The van der Waals surface area contributed by atoms with E-state index in [4.69, 9.17) is 9.31 Å². The van der Waals surface area contributed by atoms with Crippen molar-refractivity contribution in [2.45, 2.75) is 38.9 Å². The lowest BCUT2D eigenvalue weighted by molar-refractivity contribution is 0.00578. The van der Waals surface area contributed by atoms with Crippen molar-refractivity contribution in [1.82, 2.24) is 0 Å². The summed E-state index contributed by atoms with van der Waals surface area (Å²) in [5.41, 5.74) is -0.314. The van der Waals surface area contributed by atoms with E-state index in [1.165, 1.54) is 12.1 Å². The first-order valence-electron chi connectivity index (χ1n) is 5.75. The first-order chi connectivity index (χ1) is 8.27. The summed E-state index contributed by atoms with van der Waals surface area (Å²) in [5.74, 6) is -0.515. The fourth-order valence-corrected chi connectivity index (χ4v) is 2.01. The van der Waals surface area contributed by atoms with Gasteiger partial charge in [-0.05, 0) is 45.3 Å². The maximum atomic E-state index is 13.6. The first-order valence-corrected chi connectivity index (χ1v) is 6.56. The molecule has 1 aliphatic heterocycles. The Labute approximate surface area is 108 Å². The zero-order chi connectivity index (χ0) is 13.6. The Morgan fingerprint density at radius 2 is 1.72 bits per heavy atom. The second-order valence-corrected chi connectivity index (χ2v) is 6.05. The van der Waals surface area contributed by atoms with Gasteiger partial charge in [0.05, 0.1) is 16.5 Å². The lowest BCUT2D eigenvalue weighted by Crippen LogP contribution is -2.41. The van der Waals surface area contributed by atoms with Gasteiger partial charge in [-0.2, -0.15) is 0 Å². The first kappa shape index (κ1) is 13.7. The van der Waals surface area contributed by atoms with Crippen molar-refractivity contribution in [3.8, 4) is 0 Å². The predicted molar refractivity (Wildman–Crippen MR) is 69.4 cm³/mol. The van der Waals surface area contributed by atoms with Gasteiger partial charge in [-0.3, -0.25) is 4.57 Å². The molecular formula is C12H15BFO3P. The highest BCUT2D eigenvalue weighted by Crippen LogP contribution is 2.36. The smallest absolute Gasteiger partial charge is 0.399 e. The third-order valence-electron chi connectivity index (χ3n) is 3.60. The molecule has 1 aliphatic rings. The molecule has 3 nitrogen and oxygen atoms in total. The summed E-state index contributed by atoms with van der Waals surface area (Å²) < 4.78 is 35.9. The molecule has 0 atom stereocenters. The van der Waals surface area contributed by atoms with Crippen molar-refractivity contribution in [2.24, 2.45) is 0 Å². The number of benzene rings is 1. The van der Waals surface area contributed by atoms with Crippen LogP contribution in [0.5, 0.6) is 0 Å². The molecule has 18 heavy (non-hydrogen) atoms. The topological polar surface area (TPSA) is 35.5 Å². The van der Waals surface area contributed by atoms with Gasteiger partial charge in [0.1, 0.15) is 5.82 Å². The molecule has 1 aromatic carbocycles. The molecule has 0 unspecified atom stereocenters. The molecule has 0 bridgehead atoms. The highest BCUT2D eigenvalue weighted by molar-refractivity contribution is 7.34. The van der Waals surface area contributed by atoms with Gasteiger partial charge in [-0.25, -0.2) is 4.39 Å². The summed E-state index contributed by atoms with van der Waals surface area (Å²) in [5, 5.41) is 0.135. The summed E-state index contributed by atoms with van der Waals surface area (Å²) in [6, 6.07) is 4.46. The average molecular weight is 268 g/mol. The van der Waals surface area contributed by atoms with Gasteiger partial charge in [0.25, 0.3) is 0 Å². The van der Waals surface area contributed by atoms with Crippen LogP contribution in [0.1, 0.15) is 27.7 Å². The molecule has 0 saturated carbocycles. The highest BCUT2D eigenvalue weighted by atomic mass is 31.1. The molecule has 1 heterocycles. The number of rotatable bonds is 2. The van der Waals surface area contributed by atoms with Gasteiger partial charge < -0.3 is 9.31 Å². The number of hydrogen-bond donors (Lipinski definition) is 0. The molecule has 0 N–H and O–H groups in total. The van der Waals surface area contributed by atoms with Crippen molar-refractivity contribution in [2.75, 3.05) is 0 Å². The van der Waals surface area contributed by atoms with Crippen LogP contribution in [0.4, 0.5) is 4.39 Å². The van der Waals surface area contributed by atoms with E-state index in [9.17, 15) is 8.96 Å². The Morgan fingerprint density at radius 3 is 2.17 bits per heavy atom. The van der Waals surface area contributed by atoms with Crippen LogP contribution >= 0.6 is 8.46 Å². The number of hydrogen-bond acceptors (Lipinski definition) is 3. The van der Waals surface area contributed by atoms with Gasteiger partial charge in [0.15, 0.2) is 8.46 Å². The van der Waals surface area contributed by atoms with Crippen molar-refractivity contribution in [3.63, 3.8) is 0 Å². The van der Waals surface area contributed by atoms with E-state index in [2.05, 4.69) is 0 Å². The molecule has 0 spiro atoms. The Morgan fingerprint density at radius 1 is 1.17 bits per heavy atom. The van der Waals surface area contributed by atoms with E-state index >= 15 is 0 Å². The maximum absolute atomic E-state index is 13.6. The summed E-state index contributed by atoms with van der Waals surface area (Å²) in [6.07, 6.45) is 0. The fraction of sp³-hybridized carbons (Fsp3) is 0.500. The lowest BCUT2D eigenvalue weighted by Gasteiger charge is -2.32. The SMILES string of the molecule is CC1(C)OB(c2ccc(P=O)c(F)c2)OC1(C)C. The molecule has 0 radical (unpaired) electrons. The van der Waals surface area contributed by atoms with Crippen molar-refractivity contribution < 1.29 is 18.3 Å². The standard InChI is InChI=1S/C12H15BFO3P/c1-11(2)12(3,4)17-13(16-11)8-5-6-10(18-15)9(14)7-8/h5-7H,1-4H3. The van der Waals surface area contributed by atoms with Crippen LogP contribution < -0.4 is 10.8 Å². The molecule has 0 amide bonds. The minimum absolute atomic E-state index is 0.135. The lowest BCUT2D eigenvalue weighted by atomic mass is 9.79. The Bertz CT molecular complexity index is 474. The normalized spacial score (nSPS) is 21.5. The third kappa shape index (κ3) is 2.23. The van der Waals surface area contributed by atoms with Crippen LogP contribution in [0, 0.1) is 5.82 Å². The third-order valence-corrected chi connectivity index (χ3v) is 4.15. The van der Waals surface area contributed by atoms with Crippen molar-refractivity contribution in [1.29, 1.82) is 0 Å². The van der Waals surface area contributed by atoms with E-state index in [0.717, 1.165) is 0 Å². The van der Waals surface area contributed by atoms with Crippen LogP contribution in [-0.2, 0) is 13.9 Å². The average Bonchev–Trinajstić information content (AvgIpc) is 2.48. The molecule has 1 saturated heterocycles. The minimum Gasteiger partial charge on any atom is -0.399 e. The number of halogens is 1. The van der Waals surface area contributed by atoms with E-state index in [1.54, 1.807) is 6.07 Å². The van der Waals surface area contributed by atoms with E-state index in [-0.39, 0.29) is 13.8 Å². The van der Waals surface area contributed by atoms with Gasteiger partial charge in [-0.1, -0.05) is 6.07 Å². The van der Waals surface area contributed by atoms with Crippen LogP contribution in [-0.4, -0.2) is 18.3 Å². The maximum Gasteiger partial charge on any atom is 0.494 e.